The highest BCUT2D eigenvalue weighted by Gasteiger charge is 2.31. The molecule has 1 aliphatic heterocycles. The molecule has 4 nitrogen and oxygen atoms in total. The van der Waals surface area contributed by atoms with Crippen LogP contribution >= 0.6 is 0 Å². The number of carbonyl (C=O) groups excluding carboxylic acids is 2. The number of nitrogens with two attached hydrogens (primary N) is 1. The molecule has 0 aromatic rings. The molecular formula is C11H20N2O2. The SMILES string of the molecule is CC(C)CC(N)C(=O)N1CCC[C@H]1C=O. The molecular weight excluding hydrogens is 192 g/mol. The van der Waals surface area contributed by atoms with Crippen molar-refractivity contribution in [3.8, 4) is 0 Å². The minimum atomic E-state index is -0.453. The highest BCUT2D eigenvalue weighted by Crippen LogP contribution is 2.17. The first-order valence-corrected chi connectivity index (χ1v) is 5.57. The Morgan fingerprint density at radius 1 is 1.60 bits per heavy atom. The average molecular weight is 212 g/mol. The smallest absolute Gasteiger partial charge is 0.240 e. The van der Waals surface area contributed by atoms with Gasteiger partial charge < -0.3 is 15.4 Å². The number of aldehydes is 1. The van der Waals surface area contributed by atoms with E-state index in [2.05, 4.69) is 0 Å². The van der Waals surface area contributed by atoms with Crippen LogP contribution in [0, 0.1) is 5.92 Å². The predicted octanol–water partition coefficient (Wildman–Crippen LogP) is 0.550. The van der Waals surface area contributed by atoms with Crippen LogP contribution in [-0.2, 0) is 9.59 Å². The van der Waals surface area contributed by atoms with Gasteiger partial charge in [0.2, 0.25) is 5.91 Å². The molecule has 0 spiro atoms. The van der Waals surface area contributed by atoms with Crippen molar-refractivity contribution >= 4 is 12.2 Å². The maximum absolute atomic E-state index is 11.9. The van der Waals surface area contributed by atoms with Crippen LogP contribution in [0.2, 0.25) is 0 Å². The lowest BCUT2D eigenvalue weighted by Gasteiger charge is -2.24. The molecule has 1 unspecified atom stereocenters. The lowest BCUT2D eigenvalue weighted by Crippen LogP contribution is -2.46. The van der Waals surface area contributed by atoms with Crippen LogP contribution in [0.25, 0.3) is 0 Å². The molecule has 0 aliphatic carbocycles. The van der Waals surface area contributed by atoms with E-state index in [-0.39, 0.29) is 11.9 Å². The van der Waals surface area contributed by atoms with Gasteiger partial charge in [0.15, 0.2) is 0 Å². The van der Waals surface area contributed by atoms with Crippen molar-refractivity contribution in [3.05, 3.63) is 0 Å². The maximum atomic E-state index is 11.9. The fraction of sp³-hybridized carbons (Fsp3) is 0.818. The summed E-state index contributed by atoms with van der Waals surface area (Å²) in [6, 6.07) is -0.693. The highest BCUT2D eigenvalue weighted by atomic mass is 16.2. The average Bonchev–Trinajstić information content (AvgIpc) is 2.62. The van der Waals surface area contributed by atoms with Gasteiger partial charge in [0, 0.05) is 6.54 Å². The molecule has 0 aromatic carbocycles. The van der Waals surface area contributed by atoms with Crippen LogP contribution in [0.3, 0.4) is 0 Å². The van der Waals surface area contributed by atoms with Gasteiger partial charge in [-0.3, -0.25) is 4.79 Å². The van der Waals surface area contributed by atoms with E-state index < -0.39 is 6.04 Å². The summed E-state index contributed by atoms with van der Waals surface area (Å²) >= 11 is 0. The fourth-order valence-corrected chi connectivity index (χ4v) is 2.03. The van der Waals surface area contributed by atoms with E-state index in [1.54, 1.807) is 4.90 Å². The Labute approximate surface area is 90.8 Å². The van der Waals surface area contributed by atoms with Gasteiger partial charge in [0.05, 0.1) is 12.1 Å². The third kappa shape index (κ3) is 3.02. The Kier molecular flexibility index (Phi) is 4.27. The first-order chi connectivity index (χ1) is 7.06. The van der Waals surface area contributed by atoms with Crippen LogP contribution in [-0.4, -0.2) is 35.7 Å². The summed E-state index contributed by atoms with van der Waals surface area (Å²) < 4.78 is 0. The van der Waals surface area contributed by atoms with E-state index >= 15 is 0 Å². The summed E-state index contributed by atoms with van der Waals surface area (Å²) in [5, 5.41) is 0. The Bertz CT molecular complexity index is 241. The second-order valence-corrected chi connectivity index (χ2v) is 4.61. The molecule has 15 heavy (non-hydrogen) atoms. The second kappa shape index (κ2) is 5.26. The van der Waals surface area contributed by atoms with Crippen LogP contribution in [0.15, 0.2) is 0 Å². The van der Waals surface area contributed by atoms with Gasteiger partial charge in [-0.2, -0.15) is 0 Å². The fourth-order valence-electron chi connectivity index (χ4n) is 2.03. The summed E-state index contributed by atoms with van der Waals surface area (Å²) in [4.78, 5) is 24.2. The Hall–Kier alpha value is -0.900. The number of hydrogen-bond acceptors (Lipinski definition) is 3. The third-order valence-corrected chi connectivity index (χ3v) is 2.78. The van der Waals surface area contributed by atoms with Gasteiger partial charge in [-0.05, 0) is 25.2 Å². The van der Waals surface area contributed by atoms with Crippen LogP contribution in [0.5, 0.6) is 0 Å². The van der Waals surface area contributed by atoms with Crippen molar-refractivity contribution in [2.75, 3.05) is 6.54 Å². The molecule has 1 fully saturated rings. The normalized spacial score (nSPS) is 23.2. The zero-order chi connectivity index (χ0) is 11.4. The van der Waals surface area contributed by atoms with E-state index in [9.17, 15) is 9.59 Å². The summed E-state index contributed by atoms with van der Waals surface area (Å²) in [7, 11) is 0. The molecule has 0 bridgehead atoms. The summed E-state index contributed by atoms with van der Waals surface area (Å²) in [5.74, 6) is 0.333. The molecule has 86 valence electrons. The largest absolute Gasteiger partial charge is 0.332 e. The van der Waals surface area contributed by atoms with Gasteiger partial charge in [-0.1, -0.05) is 13.8 Å². The molecule has 2 atom stereocenters. The lowest BCUT2D eigenvalue weighted by molar-refractivity contribution is -0.136. The molecule has 1 saturated heterocycles. The summed E-state index contributed by atoms with van der Waals surface area (Å²) in [6.07, 6.45) is 3.22. The summed E-state index contributed by atoms with van der Waals surface area (Å²) in [6.45, 7) is 4.75. The Morgan fingerprint density at radius 3 is 2.80 bits per heavy atom. The number of hydrogen-bond donors (Lipinski definition) is 1. The highest BCUT2D eigenvalue weighted by molar-refractivity contribution is 5.84. The second-order valence-electron chi connectivity index (χ2n) is 4.61. The molecule has 2 N–H and O–H groups in total. The van der Waals surface area contributed by atoms with Crippen molar-refractivity contribution in [1.82, 2.24) is 4.90 Å². The van der Waals surface area contributed by atoms with Crippen molar-refractivity contribution in [2.45, 2.75) is 45.2 Å². The molecule has 0 aromatic heterocycles. The number of rotatable bonds is 4. The number of nitrogens with zero attached hydrogens (tertiary/aromatic N) is 1. The maximum Gasteiger partial charge on any atom is 0.240 e. The molecule has 1 heterocycles. The van der Waals surface area contributed by atoms with E-state index in [0.29, 0.717) is 18.9 Å². The first-order valence-electron chi connectivity index (χ1n) is 5.57. The topological polar surface area (TPSA) is 63.4 Å². The quantitative estimate of drug-likeness (QED) is 0.692. The van der Waals surface area contributed by atoms with Gasteiger partial charge in [0.25, 0.3) is 0 Å². The van der Waals surface area contributed by atoms with Crippen molar-refractivity contribution in [1.29, 1.82) is 0 Å². The molecule has 0 saturated carbocycles. The number of amides is 1. The molecule has 1 rings (SSSR count). The van der Waals surface area contributed by atoms with Crippen LogP contribution in [0.1, 0.15) is 33.1 Å². The predicted molar refractivity (Wildman–Crippen MR) is 58.2 cm³/mol. The zero-order valence-corrected chi connectivity index (χ0v) is 9.48. The van der Waals surface area contributed by atoms with Gasteiger partial charge in [0.1, 0.15) is 6.29 Å². The Morgan fingerprint density at radius 2 is 2.27 bits per heavy atom. The standard InChI is InChI=1S/C11H20N2O2/c1-8(2)6-10(12)11(15)13-5-3-4-9(13)7-14/h7-10H,3-6,12H2,1-2H3/t9-,10?/m0/s1. The summed E-state index contributed by atoms with van der Waals surface area (Å²) in [5.41, 5.74) is 5.81. The van der Waals surface area contributed by atoms with Crippen LogP contribution in [0.4, 0.5) is 0 Å². The van der Waals surface area contributed by atoms with Crippen LogP contribution < -0.4 is 5.73 Å². The van der Waals surface area contributed by atoms with Gasteiger partial charge >= 0.3 is 0 Å². The Balaban J connectivity index is 2.55. The van der Waals surface area contributed by atoms with E-state index in [0.717, 1.165) is 19.1 Å². The molecule has 1 amide bonds. The minimum absolute atomic E-state index is 0.0710. The first kappa shape index (κ1) is 12.2. The van der Waals surface area contributed by atoms with E-state index in [1.807, 2.05) is 13.8 Å². The number of likely N-dealkylation sites (tertiary alicyclic amines) is 1. The van der Waals surface area contributed by atoms with Crippen molar-refractivity contribution < 1.29 is 9.59 Å². The third-order valence-electron chi connectivity index (χ3n) is 2.78. The minimum Gasteiger partial charge on any atom is -0.332 e. The molecule has 4 heteroatoms. The van der Waals surface area contributed by atoms with E-state index in [1.165, 1.54) is 0 Å². The monoisotopic (exact) mass is 212 g/mol. The lowest BCUT2D eigenvalue weighted by atomic mass is 10.0. The number of carbonyl (C=O) groups is 2. The van der Waals surface area contributed by atoms with Gasteiger partial charge in [-0.15, -0.1) is 0 Å². The molecule has 1 aliphatic rings. The zero-order valence-electron chi connectivity index (χ0n) is 9.48. The van der Waals surface area contributed by atoms with Crippen molar-refractivity contribution in [2.24, 2.45) is 11.7 Å². The molecule has 0 radical (unpaired) electrons. The van der Waals surface area contributed by atoms with Crippen molar-refractivity contribution in [3.63, 3.8) is 0 Å². The van der Waals surface area contributed by atoms with Gasteiger partial charge in [-0.25, -0.2) is 0 Å². The van der Waals surface area contributed by atoms with E-state index in [4.69, 9.17) is 5.73 Å².